The molecule has 1 N–H and O–H groups in total. The number of likely N-dealkylation sites (tertiary alicyclic amines) is 1. The minimum Gasteiger partial charge on any atom is -0.481 e. The lowest BCUT2D eigenvalue weighted by Gasteiger charge is -2.38. The largest absolute Gasteiger partial charge is 0.481 e. The zero-order valence-corrected chi connectivity index (χ0v) is 12.9. The summed E-state index contributed by atoms with van der Waals surface area (Å²) in [7, 11) is 0. The van der Waals surface area contributed by atoms with E-state index in [1.165, 1.54) is 0 Å². The van der Waals surface area contributed by atoms with Gasteiger partial charge in [0.1, 0.15) is 0 Å². The Balaban J connectivity index is 1.94. The van der Waals surface area contributed by atoms with Crippen LogP contribution in [0.15, 0.2) is 24.3 Å². The second-order valence-corrected chi connectivity index (χ2v) is 6.06. The molecule has 5 heteroatoms. The summed E-state index contributed by atoms with van der Waals surface area (Å²) in [6, 6.07) is 7.23. The smallest absolute Gasteiger partial charge is 0.309 e. The number of aliphatic carboxylic acids is 1. The molecule has 1 saturated heterocycles. The lowest BCUT2D eigenvalue weighted by atomic mass is 9.76. The molecule has 1 aromatic rings. The second-order valence-electron chi connectivity index (χ2n) is 5.62. The summed E-state index contributed by atoms with van der Waals surface area (Å²) in [6.07, 6.45) is 2.02. The summed E-state index contributed by atoms with van der Waals surface area (Å²) in [4.78, 5) is 25.4. The number of halogens is 1. The summed E-state index contributed by atoms with van der Waals surface area (Å²) >= 11 is 5.82. The molecule has 1 aromatic carbocycles. The Kier molecular flexibility index (Phi) is 4.88. The molecule has 0 radical (unpaired) electrons. The molecule has 0 atom stereocenters. The van der Waals surface area contributed by atoms with Crippen molar-refractivity contribution in [2.45, 2.75) is 32.6 Å². The SMILES string of the molecule is CCC1(C(=O)O)CCN(C(=O)Cc2ccc(Cl)cc2)CC1. The highest BCUT2D eigenvalue weighted by molar-refractivity contribution is 6.30. The van der Waals surface area contributed by atoms with Gasteiger partial charge in [0.25, 0.3) is 0 Å². The van der Waals surface area contributed by atoms with Crippen LogP contribution in [-0.2, 0) is 16.0 Å². The van der Waals surface area contributed by atoms with E-state index in [0.29, 0.717) is 43.8 Å². The summed E-state index contributed by atoms with van der Waals surface area (Å²) in [5, 5.41) is 10.0. The van der Waals surface area contributed by atoms with Crippen LogP contribution in [0.25, 0.3) is 0 Å². The molecule has 0 bridgehead atoms. The van der Waals surface area contributed by atoms with Crippen molar-refractivity contribution in [3.63, 3.8) is 0 Å². The number of rotatable bonds is 4. The maximum Gasteiger partial charge on any atom is 0.309 e. The third kappa shape index (κ3) is 3.56. The van der Waals surface area contributed by atoms with Crippen LogP contribution in [0.4, 0.5) is 0 Å². The zero-order chi connectivity index (χ0) is 15.5. The van der Waals surface area contributed by atoms with Gasteiger partial charge in [-0.2, -0.15) is 0 Å². The topological polar surface area (TPSA) is 57.6 Å². The second kappa shape index (κ2) is 6.48. The van der Waals surface area contributed by atoms with Gasteiger partial charge >= 0.3 is 5.97 Å². The van der Waals surface area contributed by atoms with Crippen molar-refractivity contribution in [2.75, 3.05) is 13.1 Å². The van der Waals surface area contributed by atoms with Gasteiger partial charge in [-0.3, -0.25) is 9.59 Å². The Bertz CT molecular complexity index is 519. The van der Waals surface area contributed by atoms with Crippen molar-refractivity contribution in [3.05, 3.63) is 34.9 Å². The number of carboxylic acid groups (broad SMARTS) is 1. The molecule has 21 heavy (non-hydrogen) atoms. The van der Waals surface area contributed by atoms with E-state index in [2.05, 4.69) is 0 Å². The summed E-state index contributed by atoms with van der Waals surface area (Å²) in [5.41, 5.74) is 0.270. The lowest BCUT2D eigenvalue weighted by Crippen LogP contribution is -2.46. The number of amides is 1. The van der Waals surface area contributed by atoms with Crippen molar-refractivity contribution in [1.82, 2.24) is 4.90 Å². The maximum atomic E-state index is 12.3. The minimum absolute atomic E-state index is 0.0485. The normalized spacial score (nSPS) is 17.5. The fourth-order valence-electron chi connectivity index (χ4n) is 2.79. The average molecular weight is 310 g/mol. The molecular formula is C16H20ClNO3. The van der Waals surface area contributed by atoms with E-state index in [1.807, 2.05) is 19.1 Å². The van der Waals surface area contributed by atoms with Crippen molar-refractivity contribution in [2.24, 2.45) is 5.41 Å². The number of benzene rings is 1. The van der Waals surface area contributed by atoms with Crippen molar-refractivity contribution >= 4 is 23.5 Å². The van der Waals surface area contributed by atoms with Crippen LogP contribution in [-0.4, -0.2) is 35.0 Å². The third-order valence-corrected chi connectivity index (χ3v) is 4.72. The number of carbonyl (C=O) groups is 2. The monoisotopic (exact) mass is 309 g/mol. The Morgan fingerprint density at radius 1 is 1.24 bits per heavy atom. The molecule has 1 aliphatic heterocycles. The van der Waals surface area contributed by atoms with Crippen LogP contribution in [0.1, 0.15) is 31.7 Å². The number of hydrogen-bond donors (Lipinski definition) is 1. The van der Waals surface area contributed by atoms with Crippen LogP contribution < -0.4 is 0 Å². The summed E-state index contributed by atoms with van der Waals surface area (Å²) in [5.74, 6) is -0.692. The number of carbonyl (C=O) groups excluding carboxylic acids is 1. The molecule has 1 amide bonds. The van der Waals surface area contributed by atoms with Gasteiger partial charge in [-0.15, -0.1) is 0 Å². The Morgan fingerprint density at radius 3 is 2.29 bits per heavy atom. The first-order chi connectivity index (χ1) is 9.97. The van der Waals surface area contributed by atoms with E-state index in [1.54, 1.807) is 17.0 Å². The fraction of sp³-hybridized carbons (Fsp3) is 0.500. The molecule has 2 rings (SSSR count). The quantitative estimate of drug-likeness (QED) is 0.930. The number of hydrogen-bond acceptors (Lipinski definition) is 2. The number of carboxylic acids is 1. The van der Waals surface area contributed by atoms with E-state index in [-0.39, 0.29) is 5.91 Å². The highest BCUT2D eigenvalue weighted by Gasteiger charge is 2.40. The number of piperidine rings is 1. The first kappa shape index (κ1) is 15.8. The molecule has 4 nitrogen and oxygen atoms in total. The molecule has 0 aliphatic carbocycles. The highest BCUT2D eigenvalue weighted by Crippen LogP contribution is 2.35. The first-order valence-corrected chi connectivity index (χ1v) is 7.60. The van der Waals surface area contributed by atoms with Crippen LogP contribution in [0.2, 0.25) is 5.02 Å². The van der Waals surface area contributed by atoms with Gasteiger partial charge in [-0.1, -0.05) is 30.7 Å². The van der Waals surface area contributed by atoms with E-state index < -0.39 is 11.4 Å². The Morgan fingerprint density at radius 2 is 1.81 bits per heavy atom. The first-order valence-electron chi connectivity index (χ1n) is 7.22. The van der Waals surface area contributed by atoms with Gasteiger partial charge < -0.3 is 10.0 Å². The lowest BCUT2D eigenvalue weighted by molar-refractivity contribution is -0.154. The maximum absolute atomic E-state index is 12.3. The van der Waals surface area contributed by atoms with E-state index >= 15 is 0 Å². The Hall–Kier alpha value is -1.55. The van der Waals surface area contributed by atoms with E-state index in [9.17, 15) is 14.7 Å². The van der Waals surface area contributed by atoms with Gasteiger partial charge in [0.05, 0.1) is 11.8 Å². The molecule has 0 unspecified atom stereocenters. The van der Waals surface area contributed by atoms with E-state index in [0.717, 1.165) is 5.56 Å². The van der Waals surface area contributed by atoms with Crippen LogP contribution in [0.3, 0.4) is 0 Å². The molecular weight excluding hydrogens is 290 g/mol. The highest BCUT2D eigenvalue weighted by atomic mass is 35.5. The number of nitrogens with zero attached hydrogens (tertiary/aromatic N) is 1. The van der Waals surface area contributed by atoms with Gasteiger partial charge in [-0.05, 0) is 37.0 Å². The van der Waals surface area contributed by atoms with Crippen LogP contribution in [0.5, 0.6) is 0 Å². The molecule has 0 aromatic heterocycles. The summed E-state index contributed by atoms with van der Waals surface area (Å²) in [6.45, 7) is 2.94. The Labute approximate surface area is 129 Å². The third-order valence-electron chi connectivity index (χ3n) is 4.47. The minimum atomic E-state index is -0.741. The molecule has 0 spiro atoms. The predicted octanol–water partition coefficient (Wildman–Crippen LogP) is 2.99. The van der Waals surface area contributed by atoms with Gasteiger partial charge in [-0.25, -0.2) is 0 Å². The fourth-order valence-corrected chi connectivity index (χ4v) is 2.92. The van der Waals surface area contributed by atoms with Crippen LogP contribution >= 0.6 is 11.6 Å². The molecule has 0 saturated carbocycles. The van der Waals surface area contributed by atoms with Crippen molar-refractivity contribution in [3.8, 4) is 0 Å². The molecule has 1 aliphatic rings. The zero-order valence-electron chi connectivity index (χ0n) is 12.1. The van der Waals surface area contributed by atoms with Crippen molar-refractivity contribution in [1.29, 1.82) is 0 Å². The van der Waals surface area contributed by atoms with Crippen molar-refractivity contribution < 1.29 is 14.7 Å². The molecule has 114 valence electrons. The molecule has 1 heterocycles. The van der Waals surface area contributed by atoms with Gasteiger partial charge in [0, 0.05) is 18.1 Å². The standard InChI is InChI=1S/C16H20ClNO3/c1-2-16(15(20)21)7-9-18(10-8-16)14(19)11-12-3-5-13(17)6-4-12/h3-6H,2,7-11H2,1H3,(H,20,21). The van der Waals surface area contributed by atoms with Gasteiger partial charge in [0.2, 0.25) is 5.91 Å². The average Bonchev–Trinajstić information content (AvgIpc) is 2.49. The van der Waals surface area contributed by atoms with Gasteiger partial charge in [0.15, 0.2) is 0 Å². The summed E-state index contributed by atoms with van der Waals surface area (Å²) < 4.78 is 0. The van der Waals surface area contributed by atoms with Crippen LogP contribution in [0, 0.1) is 5.41 Å². The predicted molar refractivity (Wildman–Crippen MR) is 81.3 cm³/mol. The van der Waals surface area contributed by atoms with E-state index in [4.69, 9.17) is 11.6 Å². The molecule has 1 fully saturated rings.